The molecule has 1 aliphatic heterocycles. The molecule has 1 saturated heterocycles. The maximum Gasteiger partial charge on any atom is 0.246 e. The SMILES string of the molecule is O=C(CN1C(=O)CCC1=O)Nc1nc(-c2cccnc2)cs1. The Labute approximate surface area is 130 Å². The molecule has 2 aromatic heterocycles. The van der Waals surface area contributed by atoms with E-state index in [1.807, 2.05) is 6.07 Å². The summed E-state index contributed by atoms with van der Waals surface area (Å²) in [6.07, 6.45) is 3.70. The van der Waals surface area contributed by atoms with Gasteiger partial charge in [0.25, 0.3) is 0 Å². The molecule has 0 atom stereocenters. The van der Waals surface area contributed by atoms with Crippen molar-refractivity contribution in [2.75, 3.05) is 11.9 Å². The minimum atomic E-state index is -0.435. The topological polar surface area (TPSA) is 92.3 Å². The average molecular weight is 316 g/mol. The van der Waals surface area contributed by atoms with Crippen LogP contribution in [0.1, 0.15) is 12.8 Å². The van der Waals surface area contributed by atoms with Crippen molar-refractivity contribution < 1.29 is 14.4 Å². The number of rotatable bonds is 4. The fourth-order valence-corrected chi connectivity index (χ4v) is 2.82. The number of aromatic nitrogens is 2. The fraction of sp³-hybridized carbons (Fsp3) is 0.214. The molecule has 0 spiro atoms. The zero-order chi connectivity index (χ0) is 15.5. The average Bonchev–Trinajstić information content (AvgIpc) is 3.10. The monoisotopic (exact) mass is 316 g/mol. The molecule has 0 unspecified atom stereocenters. The molecule has 8 heteroatoms. The van der Waals surface area contributed by atoms with E-state index in [2.05, 4.69) is 15.3 Å². The van der Waals surface area contributed by atoms with Gasteiger partial charge >= 0.3 is 0 Å². The van der Waals surface area contributed by atoms with Gasteiger partial charge < -0.3 is 5.32 Å². The van der Waals surface area contributed by atoms with Crippen LogP contribution >= 0.6 is 11.3 Å². The van der Waals surface area contributed by atoms with E-state index in [1.54, 1.807) is 23.8 Å². The summed E-state index contributed by atoms with van der Waals surface area (Å²) < 4.78 is 0. The Balaban J connectivity index is 1.64. The van der Waals surface area contributed by atoms with E-state index in [0.29, 0.717) is 10.8 Å². The molecule has 0 saturated carbocycles. The largest absolute Gasteiger partial charge is 0.300 e. The zero-order valence-electron chi connectivity index (χ0n) is 11.5. The van der Waals surface area contributed by atoms with E-state index in [9.17, 15) is 14.4 Å². The van der Waals surface area contributed by atoms with Gasteiger partial charge in [-0.05, 0) is 12.1 Å². The lowest BCUT2D eigenvalue weighted by Crippen LogP contribution is -2.36. The van der Waals surface area contributed by atoms with Crippen molar-refractivity contribution in [1.29, 1.82) is 0 Å². The number of anilines is 1. The Morgan fingerprint density at radius 1 is 1.32 bits per heavy atom. The lowest BCUT2D eigenvalue weighted by Gasteiger charge is -2.12. The van der Waals surface area contributed by atoms with E-state index in [-0.39, 0.29) is 31.2 Å². The van der Waals surface area contributed by atoms with Crippen LogP contribution in [0.5, 0.6) is 0 Å². The maximum atomic E-state index is 11.9. The minimum Gasteiger partial charge on any atom is -0.300 e. The van der Waals surface area contributed by atoms with Gasteiger partial charge in [0.2, 0.25) is 17.7 Å². The van der Waals surface area contributed by atoms with Crippen molar-refractivity contribution in [2.45, 2.75) is 12.8 Å². The van der Waals surface area contributed by atoms with Crippen LogP contribution < -0.4 is 5.32 Å². The van der Waals surface area contributed by atoms with E-state index in [1.165, 1.54) is 11.3 Å². The predicted molar refractivity (Wildman–Crippen MR) is 79.9 cm³/mol. The normalized spacial score (nSPS) is 14.5. The standard InChI is InChI=1S/C14H12N4O3S/c19-11(7-18-12(20)3-4-13(18)21)17-14-16-10(8-22-14)9-2-1-5-15-6-9/h1-2,5-6,8H,3-4,7H2,(H,16,17,19). The molecule has 1 aliphatic rings. The number of hydrogen-bond donors (Lipinski definition) is 1. The summed E-state index contributed by atoms with van der Waals surface area (Å²) in [5.74, 6) is -1.05. The van der Waals surface area contributed by atoms with Crippen molar-refractivity contribution in [1.82, 2.24) is 14.9 Å². The van der Waals surface area contributed by atoms with Crippen LogP contribution in [0.4, 0.5) is 5.13 Å². The molecule has 1 fully saturated rings. The lowest BCUT2D eigenvalue weighted by molar-refractivity contribution is -0.141. The second-order valence-corrected chi connectivity index (χ2v) is 5.56. The first-order valence-electron chi connectivity index (χ1n) is 6.62. The van der Waals surface area contributed by atoms with Gasteiger partial charge in [-0.3, -0.25) is 24.3 Å². The van der Waals surface area contributed by atoms with E-state index < -0.39 is 5.91 Å². The predicted octanol–water partition coefficient (Wildman–Crippen LogP) is 1.29. The highest BCUT2D eigenvalue weighted by Gasteiger charge is 2.30. The van der Waals surface area contributed by atoms with E-state index in [4.69, 9.17) is 0 Å². The molecule has 22 heavy (non-hydrogen) atoms. The van der Waals surface area contributed by atoms with Crippen molar-refractivity contribution in [3.63, 3.8) is 0 Å². The Morgan fingerprint density at radius 2 is 2.09 bits per heavy atom. The van der Waals surface area contributed by atoms with Crippen LogP contribution in [0.3, 0.4) is 0 Å². The molecule has 1 N–H and O–H groups in total. The molecule has 7 nitrogen and oxygen atoms in total. The first-order valence-corrected chi connectivity index (χ1v) is 7.50. The summed E-state index contributed by atoms with van der Waals surface area (Å²) in [5, 5.41) is 4.83. The number of likely N-dealkylation sites (tertiary alicyclic amines) is 1. The number of thiazole rings is 1. The number of nitrogens with zero attached hydrogens (tertiary/aromatic N) is 3. The van der Waals surface area contributed by atoms with Gasteiger partial charge in [0.1, 0.15) is 6.54 Å². The van der Waals surface area contributed by atoms with E-state index in [0.717, 1.165) is 10.5 Å². The number of imide groups is 1. The fourth-order valence-electron chi connectivity index (χ4n) is 2.08. The van der Waals surface area contributed by atoms with Crippen molar-refractivity contribution in [3.05, 3.63) is 29.9 Å². The number of carbonyl (C=O) groups excluding carboxylic acids is 3. The van der Waals surface area contributed by atoms with Crippen LogP contribution in [0.25, 0.3) is 11.3 Å². The number of hydrogen-bond acceptors (Lipinski definition) is 6. The number of carbonyl (C=O) groups is 3. The second kappa shape index (κ2) is 6.02. The molecule has 0 radical (unpaired) electrons. The van der Waals surface area contributed by atoms with Gasteiger partial charge in [0.15, 0.2) is 5.13 Å². The highest BCUT2D eigenvalue weighted by molar-refractivity contribution is 7.14. The Bertz CT molecular complexity index is 713. The summed E-state index contributed by atoms with van der Waals surface area (Å²) >= 11 is 1.27. The van der Waals surface area contributed by atoms with Crippen LogP contribution in [-0.4, -0.2) is 39.1 Å². The first-order chi connectivity index (χ1) is 10.6. The van der Waals surface area contributed by atoms with Gasteiger partial charge in [0.05, 0.1) is 5.69 Å². The smallest absolute Gasteiger partial charge is 0.246 e. The quantitative estimate of drug-likeness (QED) is 0.858. The van der Waals surface area contributed by atoms with Crippen LogP contribution in [0.15, 0.2) is 29.9 Å². The number of amides is 3. The van der Waals surface area contributed by atoms with Gasteiger partial charge in [-0.1, -0.05) is 0 Å². The molecule has 112 valence electrons. The lowest BCUT2D eigenvalue weighted by atomic mass is 10.2. The second-order valence-electron chi connectivity index (χ2n) is 4.70. The van der Waals surface area contributed by atoms with Gasteiger partial charge in [-0.15, -0.1) is 11.3 Å². The molecule has 0 aromatic carbocycles. The molecule has 0 bridgehead atoms. The van der Waals surface area contributed by atoms with E-state index >= 15 is 0 Å². The number of nitrogens with one attached hydrogen (secondary N) is 1. The summed E-state index contributed by atoms with van der Waals surface area (Å²) in [5.41, 5.74) is 1.56. The number of pyridine rings is 1. The van der Waals surface area contributed by atoms with Crippen molar-refractivity contribution in [3.8, 4) is 11.3 Å². The Morgan fingerprint density at radius 3 is 2.77 bits per heavy atom. The summed E-state index contributed by atoms with van der Waals surface area (Å²) in [6.45, 7) is -0.264. The van der Waals surface area contributed by atoms with Crippen molar-refractivity contribution in [2.24, 2.45) is 0 Å². The molecule has 3 heterocycles. The minimum absolute atomic E-state index is 0.175. The molecular weight excluding hydrogens is 304 g/mol. The van der Waals surface area contributed by atoms with Crippen LogP contribution in [-0.2, 0) is 14.4 Å². The molecule has 3 rings (SSSR count). The van der Waals surface area contributed by atoms with Gasteiger partial charge in [0, 0.05) is 36.2 Å². The first kappa shape index (κ1) is 14.3. The summed E-state index contributed by atoms with van der Waals surface area (Å²) in [6, 6.07) is 3.67. The Hall–Kier alpha value is -2.61. The van der Waals surface area contributed by atoms with Crippen LogP contribution in [0, 0.1) is 0 Å². The van der Waals surface area contributed by atoms with Crippen molar-refractivity contribution >= 4 is 34.2 Å². The maximum absolute atomic E-state index is 11.9. The molecule has 2 aromatic rings. The highest BCUT2D eigenvalue weighted by Crippen LogP contribution is 2.24. The third-order valence-electron chi connectivity index (χ3n) is 3.16. The third kappa shape index (κ3) is 3.01. The molecular formula is C14H12N4O3S. The van der Waals surface area contributed by atoms with Gasteiger partial charge in [-0.25, -0.2) is 4.98 Å². The summed E-state index contributed by atoms with van der Waals surface area (Å²) in [4.78, 5) is 44.1. The highest BCUT2D eigenvalue weighted by atomic mass is 32.1. The van der Waals surface area contributed by atoms with Crippen LogP contribution in [0.2, 0.25) is 0 Å². The third-order valence-corrected chi connectivity index (χ3v) is 3.92. The molecule has 3 amide bonds. The summed E-state index contributed by atoms with van der Waals surface area (Å²) in [7, 11) is 0. The zero-order valence-corrected chi connectivity index (χ0v) is 12.3. The Kier molecular flexibility index (Phi) is 3.92. The molecule has 0 aliphatic carbocycles. The van der Waals surface area contributed by atoms with Gasteiger partial charge in [-0.2, -0.15) is 0 Å².